The summed E-state index contributed by atoms with van der Waals surface area (Å²) in [4.78, 5) is 29.0. The summed E-state index contributed by atoms with van der Waals surface area (Å²) in [5.74, 6) is -1.67. The first-order chi connectivity index (χ1) is 11.4. The number of para-hydroxylation sites is 1. The molecule has 1 heterocycles. The molecule has 0 aromatic heterocycles. The summed E-state index contributed by atoms with van der Waals surface area (Å²) in [6, 6.07) is 14.3. The van der Waals surface area contributed by atoms with Crippen LogP contribution in [-0.4, -0.2) is 30.8 Å². The highest BCUT2D eigenvalue weighted by Crippen LogP contribution is 2.33. The number of carbonyl (C=O) groups excluding carboxylic acids is 2. The SMILES string of the molecule is CN(C(=S)C1C(=O)c2cc(Cl)ccc2N(C)C1=O)c1ccccc1. The van der Waals surface area contributed by atoms with Gasteiger partial charge in [-0.05, 0) is 30.3 Å². The lowest BCUT2D eigenvalue weighted by molar-refractivity contribution is -0.119. The third-order valence-electron chi connectivity index (χ3n) is 4.15. The number of hydrogen-bond acceptors (Lipinski definition) is 3. The Labute approximate surface area is 150 Å². The maximum Gasteiger partial charge on any atom is 0.244 e. The van der Waals surface area contributed by atoms with Crippen molar-refractivity contribution >= 4 is 51.9 Å². The second-order valence-corrected chi connectivity index (χ2v) is 6.44. The molecule has 0 saturated heterocycles. The van der Waals surface area contributed by atoms with Crippen molar-refractivity contribution in [2.24, 2.45) is 5.92 Å². The van der Waals surface area contributed by atoms with Crippen molar-refractivity contribution in [2.45, 2.75) is 0 Å². The molecule has 1 atom stereocenters. The summed E-state index contributed by atoms with van der Waals surface area (Å²) >= 11 is 11.5. The normalized spacial score (nSPS) is 16.8. The molecular weight excluding hydrogens is 344 g/mol. The Morgan fingerprint density at radius 2 is 1.83 bits per heavy atom. The molecule has 24 heavy (non-hydrogen) atoms. The topological polar surface area (TPSA) is 40.6 Å². The zero-order valence-corrected chi connectivity index (χ0v) is 14.8. The molecule has 122 valence electrons. The van der Waals surface area contributed by atoms with Crippen LogP contribution in [0, 0.1) is 5.92 Å². The van der Waals surface area contributed by atoms with Gasteiger partial charge in [-0.2, -0.15) is 0 Å². The first-order valence-corrected chi connectivity index (χ1v) is 8.14. The van der Waals surface area contributed by atoms with Gasteiger partial charge in [-0.15, -0.1) is 0 Å². The minimum Gasteiger partial charge on any atom is -0.338 e. The fourth-order valence-corrected chi connectivity index (χ4v) is 3.25. The number of ketones is 1. The van der Waals surface area contributed by atoms with Crippen LogP contribution in [0.25, 0.3) is 0 Å². The number of benzene rings is 2. The zero-order chi connectivity index (χ0) is 17.4. The molecule has 1 amide bonds. The summed E-state index contributed by atoms with van der Waals surface area (Å²) in [5, 5.41) is 0.450. The lowest BCUT2D eigenvalue weighted by atomic mass is 9.90. The molecule has 0 radical (unpaired) electrons. The lowest BCUT2D eigenvalue weighted by Gasteiger charge is -2.33. The van der Waals surface area contributed by atoms with Gasteiger partial charge in [-0.1, -0.05) is 42.0 Å². The van der Waals surface area contributed by atoms with Crippen molar-refractivity contribution in [1.82, 2.24) is 0 Å². The maximum atomic E-state index is 12.9. The molecule has 2 aromatic carbocycles. The van der Waals surface area contributed by atoms with Gasteiger partial charge in [0.2, 0.25) is 5.91 Å². The standard InChI is InChI=1S/C18H15ClN2O2S/c1-20(12-6-4-3-5-7-12)18(24)15-16(22)13-10-11(19)8-9-14(13)21(2)17(15)23/h3-10,15H,1-2H3. The van der Waals surface area contributed by atoms with Gasteiger partial charge in [0.15, 0.2) is 11.7 Å². The Kier molecular flexibility index (Phi) is 4.39. The van der Waals surface area contributed by atoms with Crippen molar-refractivity contribution in [2.75, 3.05) is 23.9 Å². The summed E-state index contributed by atoms with van der Waals surface area (Å²) in [6.07, 6.45) is 0. The van der Waals surface area contributed by atoms with Gasteiger partial charge < -0.3 is 9.80 Å². The summed E-state index contributed by atoms with van der Waals surface area (Å²) < 4.78 is 0. The molecule has 6 heteroatoms. The van der Waals surface area contributed by atoms with Crippen LogP contribution in [0.2, 0.25) is 5.02 Å². The molecule has 0 spiro atoms. The number of carbonyl (C=O) groups is 2. The van der Waals surface area contributed by atoms with E-state index in [9.17, 15) is 9.59 Å². The van der Waals surface area contributed by atoms with Crippen LogP contribution in [-0.2, 0) is 4.79 Å². The van der Waals surface area contributed by atoms with Gasteiger partial charge >= 0.3 is 0 Å². The smallest absolute Gasteiger partial charge is 0.244 e. The third-order valence-corrected chi connectivity index (χ3v) is 4.89. The fourth-order valence-electron chi connectivity index (χ4n) is 2.77. The van der Waals surface area contributed by atoms with Crippen LogP contribution < -0.4 is 9.80 Å². The van der Waals surface area contributed by atoms with Gasteiger partial charge in [0, 0.05) is 30.4 Å². The molecule has 0 aliphatic carbocycles. The Balaban J connectivity index is 2.00. The van der Waals surface area contributed by atoms with E-state index in [0.29, 0.717) is 16.3 Å². The van der Waals surface area contributed by atoms with Crippen LogP contribution in [0.15, 0.2) is 48.5 Å². The number of anilines is 2. The first kappa shape index (κ1) is 16.6. The van der Waals surface area contributed by atoms with Gasteiger partial charge in [0.05, 0.1) is 5.69 Å². The number of fused-ring (bicyclic) bond motifs is 1. The monoisotopic (exact) mass is 358 g/mol. The number of Topliss-reactive ketones (excluding diaryl/α,β-unsaturated/α-hetero) is 1. The van der Waals surface area contributed by atoms with Crippen LogP contribution in [0.1, 0.15) is 10.4 Å². The second-order valence-electron chi connectivity index (χ2n) is 5.59. The molecule has 1 aliphatic heterocycles. The van der Waals surface area contributed by atoms with E-state index in [4.69, 9.17) is 23.8 Å². The molecule has 0 N–H and O–H groups in total. The molecule has 4 nitrogen and oxygen atoms in total. The van der Waals surface area contributed by atoms with Gasteiger partial charge in [-0.3, -0.25) is 9.59 Å². The number of halogens is 1. The highest BCUT2D eigenvalue weighted by atomic mass is 35.5. The van der Waals surface area contributed by atoms with Crippen molar-refractivity contribution in [1.29, 1.82) is 0 Å². The summed E-state index contributed by atoms with van der Waals surface area (Å²) in [5.41, 5.74) is 1.79. The molecule has 0 saturated carbocycles. The molecule has 2 aromatic rings. The minimum absolute atomic E-state index is 0.272. The van der Waals surface area contributed by atoms with Crippen molar-refractivity contribution in [3.05, 3.63) is 59.1 Å². The highest BCUT2D eigenvalue weighted by Gasteiger charge is 2.41. The van der Waals surface area contributed by atoms with Crippen LogP contribution in [0.3, 0.4) is 0 Å². The Morgan fingerprint density at radius 3 is 2.50 bits per heavy atom. The number of thiocarbonyl (C=S) groups is 1. The van der Waals surface area contributed by atoms with E-state index in [-0.39, 0.29) is 16.7 Å². The van der Waals surface area contributed by atoms with Crippen molar-refractivity contribution < 1.29 is 9.59 Å². The predicted octanol–water partition coefficient (Wildman–Crippen LogP) is 3.58. The summed E-state index contributed by atoms with van der Waals surface area (Å²) in [6.45, 7) is 0. The molecular formula is C18H15ClN2O2S. The van der Waals surface area contributed by atoms with E-state index in [2.05, 4.69) is 0 Å². The molecule has 1 aliphatic rings. The van der Waals surface area contributed by atoms with Crippen LogP contribution in [0.5, 0.6) is 0 Å². The van der Waals surface area contributed by atoms with Crippen LogP contribution in [0.4, 0.5) is 11.4 Å². The molecule has 1 unspecified atom stereocenters. The second kappa shape index (κ2) is 6.34. The van der Waals surface area contributed by atoms with E-state index < -0.39 is 5.92 Å². The largest absolute Gasteiger partial charge is 0.338 e. The number of hydrogen-bond donors (Lipinski definition) is 0. The quantitative estimate of drug-likeness (QED) is 0.607. The van der Waals surface area contributed by atoms with Gasteiger partial charge in [-0.25, -0.2) is 0 Å². The Morgan fingerprint density at radius 1 is 1.17 bits per heavy atom. The maximum absolute atomic E-state index is 12.9. The van der Waals surface area contributed by atoms with E-state index in [1.54, 1.807) is 37.2 Å². The van der Waals surface area contributed by atoms with E-state index in [0.717, 1.165) is 5.69 Å². The van der Waals surface area contributed by atoms with E-state index in [1.165, 1.54) is 4.90 Å². The number of nitrogens with zero attached hydrogens (tertiary/aromatic N) is 2. The van der Waals surface area contributed by atoms with Crippen LogP contribution >= 0.6 is 23.8 Å². The molecule has 0 bridgehead atoms. The predicted molar refractivity (Wildman–Crippen MR) is 100 cm³/mol. The molecule has 0 fully saturated rings. The van der Waals surface area contributed by atoms with Crippen molar-refractivity contribution in [3.8, 4) is 0 Å². The number of amides is 1. The Bertz CT molecular complexity index is 838. The van der Waals surface area contributed by atoms with Gasteiger partial charge in [0.1, 0.15) is 4.99 Å². The first-order valence-electron chi connectivity index (χ1n) is 7.35. The average molecular weight is 359 g/mol. The highest BCUT2D eigenvalue weighted by molar-refractivity contribution is 7.80. The Hall–Kier alpha value is -2.24. The number of rotatable bonds is 2. The summed E-state index contributed by atoms with van der Waals surface area (Å²) in [7, 11) is 3.39. The van der Waals surface area contributed by atoms with E-state index >= 15 is 0 Å². The minimum atomic E-state index is -1.03. The molecule has 3 rings (SSSR count). The van der Waals surface area contributed by atoms with Crippen molar-refractivity contribution in [3.63, 3.8) is 0 Å². The zero-order valence-electron chi connectivity index (χ0n) is 13.2. The fraction of sp³-hybridized carbons (Fsp3) is 0.167. The average Bonchev–Trinajstić information content (AvgIpc) is 2.60. The van der Waals surface area contributed by atoms with Gasteiger partial charge in [0.25, 0.3) is 0 Å². The third kappa shape index (κ3) is 2.70. The lowest BCUT2D eigenvalue weighted by Crippen LogP contribution is -2.49. The van der Waals surface area contributed by atoms with E-state index in [1.807, 2.05) is 30.3 Å².